The fourth-order valence-electron chi connectivity index (χ4n) is 1.88. The summed E-state index contributed by atoms with van der Waals surface area (Å²) in [5, 5.41) is 3.46. The fraction of sp³-hybridized carbons (Fsp3) is 0.727. The zero-order valence-electron chi connectivity index (χ0n) is 9.52. The zero-order chi connectivity index (χ0) is 11.2. The molecule has 2 rings (SSSR count). The minimum absolute atomic E-state index is 0.759. The van der Waals surface area contributed by atoms with Crippen molar-refractivity contribution in [1.29, 1.82) is 0 Å². The second kappa shape index (κ2) is 6.59. The predicted octanol–water partition coefficient (Wildman–Crippen LogP) is 1.93. The molecule has 0 spiro atoms. The third kappa shape index (κ3) is 3.73. The summed E-state index contributed by atoms with van der Waals surface area (Å²) >= 11 is 3.67. The zero-order valence-corrected chi connectivity index (χ0v) is 11.2. The number of likely N-dealkylation sites (tertiary alicyclic amines) is 1. The molecule has 16 heavy (non-hydrogen) atoms. The lowest BCUT2D eigenvalue weighted by Gasteiger charge is -2.11. The number of nitrogens with two attached hydrogens (primary N) is 1. The Hall–Kier alpha value is -0.100. The first-order chi connectivity index (χ1) is 7.88. The number of thiazole rings is 1. The molecule has 0 saturated carbocycles. The van der Waals surface area contributed by atoms with Gasteiger partial charge in [0.1, 0.15) is 5.01 Å². The van der Waals surface area contributed by atoms with E-state index in [0.717, 1.165) is 24.6 Å². The highest BCUT2D eigenvalue weighted by Gasteiger charge is 2.13. The molecule has 0 atom stereocenters. The van der Waals surface area contributed by atoms with Crippen molar-refractivity contribution in [3.8, 4) is 0 Å². The second-order valence-corrected chi connectivity index (χ2v) is 6.10. The number of aromatic nitrogens is 1. The van der Waals surface area contributed by atoms with Gasteiger partial charge in [-0.05, 0) is 25.9 Å². The molecule has 0 bridgehead atoms. The molecule has 0 aliphatic carbocycles. The standard InChI is InChI=1S/C11H19N3S2/c12-3-6-15-8-10-9-16-11(13-10)7-14-4-1-2-5-14/h9H,1-8,12H2. The Morgan fingerprint density at radius 1 is 1.44 bits per heavy atom. The van der Waals surface area contributed by atoms with Crippen LogP contribution in [0.1, 0.15) is 23.5 Å². The summed E-state index contributed by atoms with van der Waals surface area (Å²) in [4.78, 5) is 7.16. The van der Waals surface area contributed by atoms with Gasteiger partial charge in [0.15, 0.2) is 0 Å². The van der Waals surface area contributed by atoms with Crippen LogP contribution in [0.3, 0.4) is 0 Å². The molecule has 0 amide bonds. The molecule has 1 aromatic heterocycles. The second-order valence-electron chi connectivity index (χ2n) is 4.06. The van der Waals surface area contributed by atoms with Crippen molar-refractivity contribution in [2.24, 2.45) is 5.73 Å². The summed E-state index contributed by atoms with van der Waals surface area (Å²) in [5.41, 5.74) is 6.68. The molecule has 0 radical (unpaired) electrons. The van der Waals surface area contributed by atoms with Gasteiger partial charge < -0.3 is 5.73 Å². The van der Waals surface area contributed by atoms with Gasteiger partial charge in [-0.2, -0.15) is 11.8 Å². The molecule has 1 aliphatic heterocycles. The van der Waals surface area contributed by atoms with Crippen molar-refractivity contribution in [1.82, 2.24) is 9.88 Å². The summed E-state index contributed by atoms with van der Waals surface area (Å²) in [6, 6.07) is 0. The van der Waals surface area contributed by atoms with Crippen molar-refractivity contribution in [2.75, 3.05) is 25.4 Å². The van der Waals surface area contributed by atoms with Gasteiger partial charge in [0, 0.05) is 23.4 Å². The van der Waals surface area contributed by atoms with Gasteiger partial charge in [-0.1, -0.05) is 0 Å². The van der Waals surface area contributed by atoms with Crippen molar-refractivity contribution in [3.63, 3.8) is 0 Å². The Morgan fingerprint density at radius 2 is 2.25 bits per heavy atom. The van der Waals surface area contributed by atoms with Gasteiger partial charge in [0.05, 0.1) is 12.2 Å². The summed E-state index contributed by atoms with van der Waals surface area (Å²) in [6.45, 7) is 4.30. The maximum absolute atomic E-state index is 5.46. The van der Waals surface area contributed by atoms with Gasteiger partial charge >= 0.3 is 0 Å². The third-order valence-corrected chi connectivity index (χ3v) is 4.58. The molecule has 1 aliphatic rings. The Labute approximate surface area is 105 Å². The van der Waals surface area contributed by atoms with Gasteiger partial charge in [-0.3, -0.25) is 4.90 Å². The maximum Gasteiger partial charge on any atom is 0.107 e. The van der Waals surface area contributed by atoms with Crippen LogP contribution in [0, 0.1) is 0 Å². The van der Waals surface area contributed by atoms with E-state index in [0.29, 0.717) is 0 Å². The lowest BCUT2D eigenvalue weighted by molar-refractivity contribution is 0.330. The van der Waals surface area contributed by atoms with Crippen molar-refractivity contribution in [3.05, 3.63) is 16.1 Å². The lowest BCUT2D eigenvalue weighted by atomic mass is 10.4. The Bertz CT molecular complexity index is 308. The SMILES string of the molecule is NCCSCc1csc(CN2CCCC2)n1. The van der Waals surface area contributed by atoms with Gasteiger partial charge in [0.2, 0.25) is 0 Å². The smallest absolute Gasteiger partial charge is 0.107 e. The topological polar surface area (TPSA) is 42.1 Å². The van der Waals surface area contributed by atoms with Crippen LogP contribution >= 0.6 is 23.1 Å². The molecule has 2 heterocycles. The van der Waals surface area contributed by atoms with Gasteiger partial charge in [-0.25, -0.2) is 4.98 Å². The first-order valence-corrected chi connectivity index (χ1v) is 7.85. The number of hydrogen-bond donors (Lipinski definition) is 1. The number of nitrogens with zero attached hydrogens (tertiary/aromatic N) is 2. The van der Waals surface area contributed by atoms with Gasteiger partial charge in [-0.15, -0.1) is 11.3 Å². The summed E-state index contributed by atoms with van der Waals surface area (Å²) < 4.78 is 0. The first kappa shape index (κ1) is 12.4. The number of thioether (sulfide) groups is 1. The normalized spacial score (nSPS) is 17.1. The van der Waals surface area contributed by atoms with E-state index in [1.165, 1.54) is 36.6 Å². The van der Waals surface area contributed by atoms with Crippen LogP contribution in [0.2, 0.25) is 0 Å². The van der Waals surface area contributed by atoms with Crippen molar-refractivity contribution >= 4 is 23.1 Å². The van der Waals surface area contributed by atoms with E-state index < -0.39 is 0 Å². The molecule has 90 valence electrons. The molecule has 0 unspecified atom stereocenters. The highest BCUT2D eigenvalue weighted by Crippen LogP contribution is 2.18. The molecule has 1 saturated heterocycles. The van der Waals surface area contributed by atoms with Crippen LogP contribution < -0.4 is 5.73 Å². The first-order valence-electron chi connectivity index (χ1n) is 5.82. The maximum atomic E-state index is 5.46. The number of hydrogen-bond acceptors (Lipinski definition) is 5. The van der Waals surface area contributed by atoms with E-state index in [1.807, 2.05) is 11.8 Å². The van der Waals surface area contributed by atoms with E-state index >= 15 is 0 Å². The Balaban J connectivity index is 1.77. The van der Waals surface area contributed by atoms with Crippen LogP contribution in [0.4, 0.5) is 0 Å². The van der Waals surface area contributed by atoms with E-state index in [9.17, 15) is 0 Å². The van der Waals surface area contributed by atoms with E-state index in [-0.39, 0.29) is 0 Å². The average molecular weight is 257 g/mol. The van der Waals surface area contributed by atoms with E-state index in [4.69, 9.17) is 5.73 Å². The molecule has 0 aromatic carbocycles. The van der Waals surface area contributed by atoms with E-state index in [1.54, 1.807) is 11.3 Å². The van der Waals surface area contributed by atoms with E-state index in [2.05, 4.69) is 15.3 Å². The summed E-state index contributed by atoms with van der Waals surface area (Å²) in [6.07, 6.45) is 2.70. The lowest BCUT2D eigenvalue weighted by Crippen LogP contribution is -2.18. The van der Waals surface area contributed by atoms with Crippen LogP contribution in [0.25, 0.3) is 0 Å². The third-order valence-electron chi connectivity index (χ3n) is 2.67. The molecule has 2 N–H and O–H groups in total. The minimum atomic E-state index is 0.759. The summed E-state index contributed by atoms with van der Waals surface area (Å²) in [7, 11) is 0. The molecule has 5 heteroatoms. The monoisotopic (exact) mass is 257 g/mol. The van der Waals surface area contributed by atoms with Crippen LogP contribution in [-0.2, 0) is 12.3 Å². The number of rotatable bonds is 6. The fourth-order valence-corrected chi connectivity index (χ4v) is 3.49. The average Bonchev–Trinajstić information content (AvgIpc) is 2.91. The van der Waals surface area contributed by atoms with Crippen LogP contribution in [-0.4, -0.2) is 35.3 Å². The molecule has 1 fully saturated rings. The van der Waals surface area contributed by atoms with Crippen LogP contribution in [0.15, 0.2) is 5.38 Å². The van der Waals surface area contributed by atoms with Gasteiger partial charge in [0.25, 0.3) is 0 Å². The highest BCUT2D eigenvalue weighted by atomic mass is 32.2. The molecular weight excluding hydrogens is 238 g/mol. The molecule has 3 nitrogen and oxygen atoms in total. The quantitative estimate of drug-likeness (QED) is 0.791. The summed E-state index contributed by atoms with van der Waals surface area (Å²) in [5.74, 6) is 2.03. The van der Waals surface area contributed by atoms with Crippen molar-refractivity contribution < 1.29 is 0 Å². The molecule has 1 aromatic rings. The molecular formula is C11H19N3S2. The Kier molecular flexibility index (Phi) is 5.09. The highest BCUT2D eigenvalue weighted by molar-refractivity contribution is 7.98. The largest absolute Gasteiger partial charge is 0.330 e. The van der Waals surface area contributed by atoms with Crippen LogP contribution in [0.5, 0.6) is 0 Å². The van der Waals surface area contributed by atoms with Crippen molar-refractivity contribution in [2.45, 2.75) is 25.1 Å². The predicted molar refractivity (Wildman–Crippen MR) is 71.8 cm³/mol. The minimum Gasteiger partial charge on any atom is -0.330 e. The Morgan fingerprint density at radius 3 is 3.00 bits per heavy atom.